The predicted molar refractivity (Wildman–Crippen MR) is 84.4 cm³/mol. The predicted octanol–water partition coefficient (Wildman–Crippen LogP) is 3.91. The highest BCUT2D eigenvalue weighted by molar-refractivity contribution is 6.30. The van der Waals surface area contributed by atoms with E-state index in [1.165, 1.54) is 11.4 Å². The Morgan fingerprint density at radius 2 is 1.21 bits per heavy atom. The summed E-state index contributed by atoms with van der Waals surface area (Å²) in [5.74, 6) is 0. The van der Waals surface area contributed by atoms with Crippen LogP contribution >= 0.6 is 11.6 Å². The van der Waals surface area contributed by atoms with Gasteiger partial charge in [-0.1, -0.05) is 29.8 Å². The SMILES string of the molecule is CN(CCN(C)c1ccc(Cl)cc1)c1ccccc1. The Labute approximate surface area is 120 Å². The van der Waals surface area contributed by atoms with Gasteiger partial charge in [0.05, 0.1) is 0 Å². The second kappa shape index (κ2) is 6.48. The van der Waals surface area contributed by atoms with E-state index in [0.29, 0.717) is 0 Å². The van der Waals surface area contributed by atoms with Crippen LogP contribution in [0.2, 0.25) is 5.02 Å². The van der Waals surface area contributed by atoms with Gasteiger partial charge >= 0.3 is 0 Å². The number of hydrogen-bond acceptors (Lipinski definition) is 2. The van der Waals surface area contributed by atoms with E-state index < -0.39 is 0 Å². The molecule has 0 aliphatic carbocycles. The van der Waals surface area contributed by atoms with E-state index in [0.717, 1.165) is 18.1 Å². The van der Waals surface area contributed by atoms with Crippen molar-refractivity contribution in [3.8, 4) is 0 Å². The average Bonchev–Trinajstić information content (AvgIpc) is 2.46. The summed E-state index contributed by atoms with van der Waals surface area (Å²) in [6.45, 7) is 1.94. The Hall–Kier alpha value is -1.67. The minimum Gasteiger partial charge on any atom is -0.373 e. The normalized spacial score (nSPS) is 10.3. The van der Waals surface area contributed by atoms with Gasteiger partial charge in [-0.25, -0.2) is 0 Å². The van der Waals surface area contributed by atoms with Gasteiger partial charge < -0.3 is 9.80 Å². The second-order valence-electron chi connectivity index (χ2n) is 4.66. The standard InChI is InChI=1S/C16H19ClN2/c1-18(15-6-4-3-5-7-15)12-13-19(2)16-10-8-14(17)9-11-16/h3-11H,12-13H2,1-2H3. The van der Waals surface area contributed by atoms with Gasteiger partial charge in [0.25, 0.3) is 0 Å². The van der Waals surface area contributed by atoms with E-state index in [4.69, 9.17) is 11.6 Å². The molecule has 0 aliphatic rings. The molecule has 100 valence electrons. The average molecular weight is 275 g/mol. The van der Waals surface area contributed by atoms with E-state index in [-0.39, 0.29) is 0 Å². The molecule has 0 bridgehead atoms. The van der Waals surface area contributed by atoms with Gasteiger partial charge in [0.1, 0.15) is 0 Å². The summed E-state index contributed by atoms with van der Waals surface area (Å²) >= 11 is 5.90. The van der Waals surface area contributed by atoms with Gasteiger partial charge in [0, 0.05) is 43.6 Å². The quantitative estimate of drug-likeness (QED) is 0.816. The van der Waals surface area contributed by atoms with Crippen molar-refractivity contribution in [1.82, 2.24) is 0 Å². The highest BCUT2D eigenvalue weighted by Gasteiger charge is 2.04. The molecule has 0 N–H and O–H groups in total. The maximum Gasteiger partial charge on any atom is 0.0407 e. The molecule has 0 aromatic heterocycles. The van der Waals surface area contributed by atoms with Crippen molar-refractivity contribution in [3.63, 3.8) is 0 Å². The Balaban J connectivity index is 1.90. The maximum atomic E-state index is 5.90. The topological polar surface area (TPSA) is 6.48 Å². The summed E-state index contributed by atoms with van der Waals surface area (Å²) < 4.78 is 0. The van der Waals surface area contributed by atoms with Crippen molar-refractivity contribution in [2.24, 2.45) is 0 Å². The van der Waals surface area contributed by atoms with Crippen molar-refractivity contribution in [3.05, 3.63) is 59.6 Å². The fourth-order valence-electron chi connectivity index (χ4n) is 1.94. The van der Waals surface area contributed by atoms with Crippen LogP contribution in [0.4, 0.5) is 11.4 Å². The first-order valence-corrected chi connectivity index (χ1v) is 6.77. The molecule has 2 aromatic rings. The first-order chi connectivity index (χ1) is 9.16. The van der Waals surface area contributed by atoms with Crippen LogP contribution in [0.5, 0.6) is 0 Å². The highest BCUT2D eigenvalue weighted by Crippen LogP contribution is 2.17. The monoisotopic (exact) mass is 274 g/mol. The van der Waals surface area contributed by atoms with Crippen molar-refractivity contribution in [2.45, 2.75) is 0 Å². The lowest BCUT2D eigenvalue weighted by atomic mass is 10.3. The molecule has 2 rings (SSSR count). The molecule has 19 heavy (non-hydrogen) atoms. The number of likely N-dealkylation sites (N-methyl/N-ethyl adjacent to an activating group) is 2. The molecule has 0 unspecified atom stereocenters. The lowest BCUT2D eigenvalue weighted by Gasteiger charge is -2.25. The Morgan fingerprint density at radius 3 is 1.74 bits per heavy atom. The molecule has 0 saturated carbocycles. The summed E-state index contributed by atoms with van der Waals surface area (Å²) in [5.41, 5.74) is 2.43. The fourth-order valence-corrected chi connectivity index (χ4v) is 2.06. The van der Waals surface area contributed by atoms with Crippen LogP contribution in [0.3, 0.4) is 0 Å². The molecule has 3 heteroatoms. The lowest BCUT2D eigenvalue weighted by Crippen LogP contribution is -2.30. The summed E-state index contributed by atoms with van der Waals surface area (Å²) in [5, 5.41) is 0.776. The first-order valence-electron chi connectivity index (χ1n) is 6.40. The van der Waals surface area contributed by atoms with Crippen LogP contribution in [0, 0.1) is 0 Å². The van der Waals surface area contributed by atoms with E-state index in [1.807, 2.05) is 30.3 Å². The van der Waals surface area contributed by atoms with Crippen LogP contribution in [0.1, 0.15) is 0 Å². The van der Waals surface area contributed by atoms with Gasteiger partial charge in [-0.15, -0.1) is 0 Å². The number of anilines is 2. The molecule has 0 atom stereocenters. The zero-order valence-electron chi connectivity index (χ0n) is 11.4. The van der Waals surface area contributed by atoms with Gasteiger partial charge in [-0.05, 0) is 36.4 Å². The Morgan fingerprint density at radius 1 is 0.737 bits per heavy atom. The van der Waals surface area contributed by atoms with E-state index >= 15 is 0 Å². The van der Waals surface area contributed by atoms with Gasteiger partial charge in [-0.2, -0.15) is 0 Å². The zero-order chi connectivity index (χ0) is 13.7. The second-order valence-corrected chi connectivity index (χ2v) is 5.09. The molecule has 0 aliphatic heterocycles. The van der Waals surface area contributed by atoms with Crippen molar-refractivity contribution in [2.75, 3.05) is 37.0 Å². The first kappa shape index (κ1) is 13.8. The molecule has 0 fully saturated rings. The third-order valence-corrected chi connectivity index (χ3v) is 3.49. The lowest BCUT2D eigenvalue weighted by molar-refractivity contribution is 0.833. The molecule has 0 radical (unpaired) electrons. The van der Waals surface area contributed by atoms with Crippen LogP contribution in [-0.4, -0.2) is 27.2 Å². The van der Waals surface area contributed by atoms with E-state index in [1.54, 1.807) is 0 Å². The number of benzene rings is 2. The fraction of sp³-hybridized carbons (Fsp3) is 0.250. The summed E-state index contributed by atoms with van der Waals surface area (Å²) in [7, 11) is 4.22. The molecule has 0 amide bonds. The smallest absolute Gasteiger partial charge is 0.0407 e. The minimum atomic E-state index is 0.776. The molecule has 2 aromatic carbocycles. The zero-order valence-corrected chi connectivity index (χ0v) is 12.1. The van der Waals surface area contributed by atoms with E-state index in [9.17, 15) is 0 Å². The van der Waals surface area contributed by atoms with E-state index in [2.05, 4.69) is 48.2 Å². The highest BCUT2D eigenvalue weighted by atomic mass is 35.5. The maximum absolute atomic E-state index is 5.90. The number of nitrogens with zero attached hydrogens (tertiary/aromatic N) is 2. The number of hydrogen-bond donors (Lipinski definition) is 0. The van der Waals surface area contributed by atoms with Crippen molar-refractivity contribution in [1.29, 1.82) is 0 Å². The molecular weight excluding hydrogens is 256 g/mol. The van der Waals surface area contributed by atoms with Gasteiger partial charge in [0.15, 0.2) is 0 Å². The Bertz CT molecular complexity index is 496. The molecule has 2 nitrogen and oxygen atoms in total. The number of halogens is 1. The van der Waals surface area contributed by atoms with Gasteiger partial charge in [0.2, 0.25) is 0 Å². The molecule has 0 spiro atoms. The van der Waals surface area contributed by atoms with Crippen LogP contribution in [0.15, 0.2) is 54.6 Å². The number of rotatable bonds is 5. The van der Waals surface area contributed by atoms with Crippen LogP contribution in [-0.2, 0) is 0 Å². The molecule has 0 saturated heterocycles. The van der Waals surface area contributed by atoms with Crippen LogP contribution in [0.25, 0.3) is 0 Å². The van der Waals surface area contributed by atoms with Gasteiger partial charge in [-0.3, -0.25) is 0 Å². The van der Waals surface area contributed by atoms with Crippen LogP contribution < -0.4 is 9.80 Å². The Kier molecular flexibility index (Phi) is 4.69. The largest absolute Gasteiger partial charge is 0.373 e. The summed E-state index contributed by atoms with van der Waals surface area (Å²) in [4.78, 5) is 4.49. The third-order valence-electron chi connectivity index (χ3n) is 3.24. The molecule has 0 heterocycles. The minimum absolute atomic E-state index is 0.776. The van der Waals surface area contributed by atoms with Crippen molar-refractivity contribution >= 4 is 23.0 Å². The summed E-state index contributed by atoms with van der Waals surface area (Å²) in [6, 6.07) is 18.4. The molecular formula is C16H19ClN2. The third kappa shape index (κ3) is 3.90. The summed E-state index contributed by atoms with van der Waals surface area (Å²) in [6.07, 6.45) is 0. The number of para-hydroxylation sites is 1. The van der Waals surface area contributed by atoms with Crippen molar-refractivity contribution < 1.29 is 0 Å².